The van der Waals surface area contributed by atoms with Crippen molar-refractivity contribution in [2.24, 2.45) is 17.0 Å². The van der Waals surface area contributed by atoms with Gasteiger partial charge in [0.05, 0.1) is 17.4 Å². The van der Waals surface area contributed by atoms with Crippen LogP contribution < -0.4 is 17.0 Å². The third-order valence-electron chi connectivity index (χ3n) is 2.42. The Morgan fingerprint density at radius 3 is 2.83 bits per heavy atom. The van der Waals surface area contributed by atoms with Gasteiger partial charge in [0.2, 0.25) is 0 Å². The van der Waals surface area contributed by atoms with E-state index in [4.69, 9.17) is 16.3 Å². The lowest BCUT2D eigenvalue weighted by atomic mass is 9.82. The van der Waals surface area contributed by atoms with Crippen LogP contribution in [0, 0.1) is 5.41 Å². The number of hydrogen-bond donors (Lipinski definition) is 3. The predicted molar refractivity (Wildman–Crippen MR) is 47.4 cm³/mol. The van der Waals surface area contributed by atoms with Gasteiger partial charge in [0.15, 0.2) is 0 Å². The molecule has 0 bridgehead atoms. The Hall–Kier alpha value is -1.16. The SMILES string of the molecule is CC1=COC[C@]1(C)/C(=C/N)NN. The lowest BCUT2D eigenvalue weighted by Gasteiger charge is -2.26. The van der Waals surface area contributed by atoms with E-state index >= 15 is 0 Å². The fourth-order valence-electron chi connectivity index (χ4n) is 1.26. The Labute approximate surface area is 72.2 Å². The van der Waals surface area contributed by atoms with Crippen LogP contribution in [0.5, 0.6) is 0 Å². The molecule has 0 saturated heterocycles. The highest BCUT2D eigenvalue weighted by atomic mass is 16.5. The Morgan fingerprint density at radius 1 is 1.83 bits per heavy atom. The quantitative estimate of drug-likeness (QED) is 0.407. The maximum Gasteiger partial charge on any atom is 0.102 e. The highest BCUT2D eigenvalue weighted by Gasteiger charge is 2.35. The summed E-state index contributed by atoms with van der Waals surface area (Å²) in [7, 11) is 0. The van der Waals surface area contributed by atoms with Crippen molar-refractivity contribution >= 4 is 0 Å². The van der Waals surface area contributed by atoms with E-state index in [-0.39, 0.29) is 5.41 Å². The van der Waals surface area contributed by atoms with E-state index in [0.29, 0.717) is 6.61 Å². The lowest BCUT2D eigenvalue weighted by Crippen LogP contribution is -2.36. The first kappa shape index (κ1) is 8.93. The van der Waals surface area contributed by atoms with E-state index < -0.39 is 0 Å². The summed E-state index contributed by atoms with van der Waals surface area (Å²) in [5, 5.41) is 0. The van der Waals surface area contributed by atoms with Crippen LogP contribution in [0.1, 0.15) is 13.8 Å². The van der Waals surface area contributed by atoms with Gasteiger partial charge in [0, 0.05) is 6.20 Å². The molecule has 4 nitrogen and oxygen atoms in total. The molecule has 5 N–H and O–H groups in total. The van der Waals surface area contributed by atoms with Gasteiger partial charge in [-0.05, 0) is 19.4 Å². The molecule has 1 aliphatic heterocycles. The predicted octanol–water partition coefficient (Wildman–Crippen LogP) is 0.190. The summed E-state index contributed by atoms with van der Waals surface area (Å²) in [6, 6.07) is 0. The number of nitrogens with two attached hydrogens (primary N) is 2. The van der Waals surface area contributed by atoms with Crippen LogP contribution in [0.25, 0.3) is 0 Å². The maximum absolute atomic E-state index is 5.42. The molecule has 12 heavy (non-hydrogen) atoms. The summed E-state index contributed by atoms with van der Waals surface area (Å²) in [6.45, 7) is 4.62. The minimum Gasteiger partial charge on any atom is -0.500 e. The molecule has 1 aliphatic rings. The van der Waals surface area contributed by atoms with Crippen LogP contribution in [0.2, 0.25) is 0 Å². The molecule has 1 rings (SSSR count). The fourth-order valence-corrected chi connectivity index (χ4v) is 1.26. The molecule has 4 heteroatoms. The fraction of sp³-hybridized carbons (Fsp3) is 0.500. The molecule has 0 unspecified atom stereocenters. The summed E-state index contributed by atoms with van der Waals surface area (Å²) in [5.41, 5.74) is 9.72. The van der Waals surface area contributed by atoms with Crippen molar-refractivity contribution in [3.8, 4) is 0 Å². The number of rotatable bonds is 2. The second-order valence-corrected chi connectivity index (χ2v) is 3.17. The van der Waals surface area contributed by atoms with Crippen LogP contribution in [-0.2, 0) is 4.74 Å². The first-order valence-electron chi connectivity index (χ1n) is 3.83. The minimum atomic E-state index is -0.191. The van der Waals surface area contributed by atoms with Crippen molar-refractivity contribution in [3.63, 3.8) is 0 Å². The molecular weight excluding hydrogens is 154 g/mol. The van der Waals surface area contributed by atoms with Crippen LogP contribution in [0.4, 0.5) is 0 Å². The standard InChI is InChI=1S/C8H15N3O/c1-6-4-12-5-8(6,2)7(3-9)11-10/h3-4,11H,5,9-10H2,1-2H3/b7-3-/t8-/m0/s1. The van der Waals surface area contributed by atoms with Crippen molar-refractivity contribution in [2.75, 3.05) is 6.61 Å². The molecule has 0 aromatic rings. The van der Waals surface area contributed by atoms with Gasteiger partial charge in [0.1, 0.15) is 6.61 Å². The van der Waals surface area contributed by atoms with E-state index in [1.807, 2.05) is 13.8 Å². The summed E-state index contributed by atoms with van der Waals surface area (Å²) < 4.78 is 5.20. The van der Waals surface area contributed by atoms with Crippen LogP contribution >= 0.6 is 0 Å². The van der Waals surface area contributed by atoms with Gasteiger partial charge in [-0.1, -0.05) is 0 Å². The van der Waals surface area contributed by atoms with Crippen molar-refractivity contribution in [1.82, 2.24) is 5.43 Å². The largest absolute Gasteiger partial charge is 0.500 e. The second kappa shape index (κ2) is 3.06. The van der Waals surface area contributed by atoms with E-state index in [0.717, 1.165) is 11.3 Å². The zero-order valence-corrected chi connectivity index (χ0v) is 7.42. The number of nitrogens with one attached hydrogen (secondary N) is 1. The van der Waals surface area contributed by atoms with Gasteiger partial charge in [-0.2, -0.15) is 0 Å². The average Bonchev–Trinajstić information content (AvgIpc) is 2.36. The molecule has 0 radical (unpaired) electrons. The Balaban J connectivity index is 2.92. The molecule has 0 spiro atoms. The summed E-state index contributed by atoms with van der Waals surface area (Å²) in [4.78, 5) is 0. The normalized spacial score (nSPS) is 29.6. The molecule has 0 fully saturated rings. The molecule has 0 aromatic carbocycles. The molecule has 0 amide bonds. The van der Waals surface area contributed by atoms with Crippen molar-refractivity contribution in [2.45, 2.75) is 13.8 Å². The van der Waals surface area contributed by atoms with Gasteiger partial charge in [-0.3, -0.25) is 5.84 Å². The maximum atomic E-state index is 5.42. The molecule has 1 atom stereocenters. The van der Waals surface area contributed by atoms with E-state index in [1.54, 1.807) is 6.26 Å². The van der Waals surface area contributed by atoms with Crippen LogP contribution in [0.3, 0.4) is 0 Å². The Bertz CT molecular complexity index is 234. The number of hydrazine groups is 1. The van der Waals surface area contributed by atoms with Crippen LogP contribution in [0.15, 0.2) is 23.7 Å². The van der Waals surface area contributed by atoms with Crippen molar-refractivity contribution < 1.29 is 4.74 Å². The Morgan fingerprint density at radius 2 is 2.50 bits per heavy atom. The molecule has 1 heterocycles. The summed E-state index contributed by atoms with van der Waals surface area (Å²) in [5.74, 6) is 5.33. The third-order valence-corrected chi connectivity index (χ3v) is 2.42. The molecule has 0 aliphatic carbocycles. The van der Waals surface area contributed by atoms with Gasteiger partial charge < -0.3 is 15.9 Å². The summed E-state index contributed by atoms with van der Waals surface area (Å²) >= 11 is 0. The average molecular weight is 169 g/mol. The summed E-state index contributed by atoms with van der Waals surface area (Å²) in [6.07, 6.45) is 3.22. The number of ether oxygens (including phenoxy) is 1. The number of hydrogen-bond acceptors (Lipinski definition) is 4. The van der Waals surface area contributed by atoms with Gasteiger partial charge in [-0.25, -0.2) is 0 Å². The highest BCUT2D eigenvalue weighted by Crippen LogP contribution is 2.37. The van der Waals surface area contributed by atoms with Crippen molar-refractivity contribution in [1.29, 1.82) is 0 Å². The lowest BCUT2D eigenvalue weighted by molar-refractivity contribution is 0.212. The van der Waals surface area contributed by atoms with Gasteiger partial charge in [0.25, 0.3) is 0 Å². The first-order valence-corrected chi connectivity index (χ1v) is 3.83. The molecule has 0 saturated carbocycles. The van der Waals surface area contributed by atoms with Gasteiger partial charge in [-0.15, -0.1) is 0 Å². The zero-order valence-electron chi connectivity index (χ0n) is 7.42. The smallest absolute Gasteiger partial charge is 0.102 e. The molecular formula is C8H15N3O. The molecule has 0 aromatic heterocycles. The second-order valence-electron chi connectivity index (χ2n) is 3.17. The Kier molecular flexibility index (Phi) is 2.28. The highest BCUT2D eigenvalue weighted by molar-refractivity contribution is 5.27. The molecule has 68 valence electrons. The monoisotopic (exact) mass is 169 g/mol. The van der Waals surface area contributed by atoms with Crippen molar-refractivity contribution in [3.05, 3.63) is 23.7 Å². The van der Waals surface area contributed by atoms with E-state index in [2.05, 4.69) is 5.43 Å². The minimum absolute atomic E-state index is 0.191. The topological polar surface area (TPSA) is 73.3 Å². The van der Waals surface area contributed by atoms with E-state index in [9.17, 15) is 0 Å². The first-order chi connectivity index (χ1) is 5.65. The van der Waals surface area contributed by atoms with Gasteiger partial charge >= 0.3 is 0 Å². The third kappa shape index (κ3) is 1.14. The van der Waals surface area contributed by atoms with Crippen LogP contribution in [-0.4, -0.2) is 6.61 Å². The zero-order chi connectivity index (χ0) is 9.19. The van der Waals surface area contributed by atoms with E-state index in [1.165, 1.54) is 6.20 Å².